The Kier molecular flexibility index (Phi) is 6.51. The summed E-state index contributed by atoms with van der Waals surface area (Å²) in [5, 5.41) is 13.1. The summed E-state index contributed by atoms with van der Waals surface area (Å²) in [6.07, 6.45) is 0. The molecule has 1 saturated heterocycles. The lowest BCUT2D eigenvalue weighted by Gasteiger charge is -2.38. The standard InChI is InChI=1S/C25H23ClFN3O3/c1-16-6-7-17(26)14-23(16)30-12-10-29(11-13-30)22-9-8-18(15-20(22)25(32)33)28-24(31)19-4-2-3-5-21(19)27/h2-9,14-15H,10-13H2,1H3,(H,28,31)(H,32,33). The molecule has 0 unspecified atom stereocenters. The molecule has 0 atom stereocenters. The summed E-state index contributed by atoms with van der Waals surface area (Å²) in [5.41, 5.74) is 3.05. The zero-order chi connectivity index (χ0) is 23.5. The smallest absolute Gasteiger partial charge is 0.337 e. The molecular formula is C25H23ClFN3O3. The first-order chi connectivity index (χ1) is 15.8. The van der Waals surface area contributed by atoms with Crippen molar-refractivity contribution in [2.75, 3.05) is 41.3 Å². The number of nitrogens with zero attached hydrogens (tertiary/aromatic N) is 2. The Morgan fingerprint density at radius 3 is 2.24 bits per heavy atom. The van der Waals surface area contributed by atoms with Crippen LogP contribution in [0.3, 0.4) is 0 Å². The quantitative estimate of drug-likeness (QED) is 0.548. The minimum absolute atomic E-state index is 0.0775. The largest absolute Gasteiger partial charge is 0.478 e. The normalized spacial score (nSPS) is 13.7. The first-order valence-corrected chi connectivity index (χ1v) is 10.9. The molecule has 1 aliphatic rings. The number of carbonyl (C=O) groups is 2. The maximum Gasteiger partial charge on any atom is 0.337 e. The van der Waals surface area contributed by atoms with Crippen LogP contribution in [0.25, 0.3) is 0 Å². The van der Waals surface area contributed by atoms with Gasteiger partial charge in [0, 0.05) is 42.6 Å². The molecule has 8 heteroatoms. The first kappa shape index (κ1) is 22.6. The fourth-order valence-corrected chi connectivity index (χ4v) is 4.18. The van der Waals surface area contributed by atoms with Crippen LogP contribution in [0.15, 0.2) is 60.7 Å². The number of aromatic carboxylic acids is 1. The van der Waals surface area contributed by atoms with Crippen LogP contribution in [0.1, 0.15) is 26.3 Å². The highest BCUT2D eigenvalue weighted by atomic mass is 35.5. The molecule has 0 aliphatic carbocycles. The fourth-order valence-electron chi connectivity index (χ4n) is 4.02. The third-order valence-corrected chi connectivity index (χ3v) is 5.97. The Labute approximate surface area is 196 Å². The predicted molar refractivity (Wildman–Crippen MR) is 128 cm³/mol. The van der Waals surface area contributed by atoms with E-state index in [0.717, 1.165) is 11.3 Å². The number of anilines is 3. The van der Waals surface area contributed by atoms with E-state index >= 15 is 0 Å². The SMILES string of the molecule is Cc1ccc(Cl)cc1N1CCN(c2ccc(NC(=O)c3ccccc3F)cc2C(=O)O)CC1. The summed E-state index contributed by atoms with van der Waals surface area (Å²) in [6.45, 7) is 4.73. The number of piperazine rings is 1. The Bertz CT molecular complexity index is 1210. The molecule has 3 aromatic rings. The molecule has 0 spiro atoms. The average molecular weight is 468 g/mol. The Morgan fingerprint density at radius 2 is 1.58 bits per heavy atom. The number of aryl methyl sites for hydroxylation is 1. The summed E-state index contributed by atoms with van der Waals surface area (Å²) in [6, 6.07) is 16.2. The van der Waals surface area contributed by atoms with Gasteiger partial charge in [-0.2, -0.15) is 0 Å². The molecule has 6 nitrogen and oxygen atoms in total. The summed E-state index contributed by atoms with van der Waals surface area (Å²) < 4.78 is 13.9. The van der Waals surface area contributed by atoms with Crippen LogP contribution < -0.4 is 15.1 Å². The van der Waals surface area contributed by atoms with E-state index in [1.807, 2.05) is 30.0 Å². The van der Waals surface area contributed by atoms with Crippen molar-refractivity contribution in [1.29, 1.82) is 0 Å². The van der Waals surface area contributed by atoms with Crippen LogP contribution in [0.2, 0.25) is 5.02 Å². The number of rotatable bonds is 5. The van der Waals surface area contributed by atoms with Gasteiger partial charge in [0.2, 0.25) is 0 Å². The van der Waals surface area contributed by atoms with Crippen molar-refractivity contribution in [2.45, 2.75) is 6.92 Å². The van der Waals surface area contributed by atoms with E-state index in [4.69, 9.17) is 11.6 Å². The lowest BCUT2D eigenvalue weighted by Crippen LogP contribution is -2.47. The van der Waals surface area contributed by atoms with E-state index in [1.54, 1.807) is 18.2 Å². The molecule has 0 radical (unpaired) electrons. The van der Waals surface area contributed by atoms with Crippen LogP contribution in [-0.4, -0.2) is 43.2 Å². The van der Waals surface area contributed by atoms with Crippen molar-refractivity contribution in [2.24, 2.45) is 0 Å². The number of amides is 1. The molecule has 0 bridgehead atoms. The van der Waals surface area contributed by atoms with E-state index in [9.17, 15) is 19.1 Å². The Hall–Kier alpha value is -3.58. The summed E-state index contributed by atoms with van der Waals surface area (Å²) in [5.74, 6) is -2.37. The van der Waals surface area contributed by atoms with Gasteiger partial charge in [0.1, 0.15) is 5.82 Å². The molecule has 0 saturated carbocycles. The fraction of sp³-hybridized carbons (Fsp3) is 0.200. The van der Waals surface area contributed by atoms with Gasteiger partial charge in [-0.25, -0.2) is 9.18 Å². The molecule has 2 N–H and O–H groups in total. The van der Waals surface area contributed by atoms with Crippen LogP contribution in [0, 0.1) is 12.7 Å². The maximum absolute atomic E-state index is 13.9. The van der Waals surface area contributed by atoms with Gasteiger partial charge in [-0.1, -0.05) is 29.8 Å². The number of hydrogen-bond acceptors (Lipinski definition) is 4. The second-order valence-corrected chi connectivity index (χ2v) is 8.31. The molecule has 3 aromatic carbocycles. The molecule has 1 heterocycles. The molecular weight excluding hydrogens is 445 g/mol. The van der Waals surface area contributed by atoms with Crippen molar-refractivity contribution in [3.8, 4) is 0 Å². The number of halogens is 2. The van der Waals surface area contributed by atoms with Gasteiger partial charge in [0.15, 0.2) is 0 Å². The van der Waals surface area contributed by atoms with E-state index in [-0.39, 0.29) is 16.8 Å². The highest BCUT2D eigenvalue weighted by Crippen LogP contribution is 2.29. The molecule has 4 rings (SSSR count). The topological polar surface area (TPSA) is 72.9 Å². The van der Waals surface area contributed by atoms with Crippen LogP contribution in [-0.2, 0) is 0 Å². The van der Waals surface area contributed by atoms with Crippen LogP contribution in [0.5, 0.6) is 0 Å². The molecule has 0 aromatic heterocycles. The molecule has 1 amide bonds. The molecule has 1 fully saturated rings. The summed E-state index contributed by atoms with van der Waals surface area (Å²) in [4.78, 5) is 28.6. The third kappa shape index (κ3) is 4.93. The number of nitrogens with one attached hydrogen (secondary N) is 1. The van der Waals surface area contributed by atoms with Gasteiger partial charge in [-0.15, -0.1) is 0 Å². The summed E-state index contributed by atoms with van der Waals surface area (Å²) in [7, 11) is 0. The lowest BCUT2D eigenvalue weighted by molar-refractivity contribution is 0.0697. The van der Waals surface area contributed by atoms with Crippen molar-refractivity contribution in [1.82, 2.24) is 0 Å². The van der Waals surface area contributed by atoms with Crippen molar-refractivity contribution in [3.63, 3.8) is 0 Å². The minimum Gasteiger partial charge on any atom is -0.478 e. The van der Waals surface area contributed by atoms with Gasteiger partial charge in [-0.05, 0) is 55.0 Å². The van der Waals surface area contributed by atoms with E-state index in [2.05, 4.69) is 10.2 Å². The van der Waals surface area contributed by atoms with Crippen LogP contribution in [0.4, 0.5) is 21.5 Å². The third-order valence-electron chi connectivity index (χ3n) is 5.74. The maximum atomic E-state index is 13.9. The zero-order valence-corrected chi connectivity index (χ0v) is 18.8. The number of carboxylic acid groups (broad SMARTS) is 1. The van der Waals surface area contributed by atoms with Crippen molar-refractivity contribution >= 4 is 40.5 Å². The second kappa shape index (κ2) is 9.50. The molecule has 33 heavy (non-hydrogen) atoms. The van der Waals surface area contributed by atoms with Gasteiger partial charge in [0.05, 0.1) is 16.8 Å². The van der Waals surface area contributed by atoms with Crippen molar-refractivity contribution in [3.05, 3.63) is 88.2 Å². The molecule has 170 valence electrons. The number of hydrogen-bond donors (Lipinski definition) is 2. The number of carboxylic acids is 1. The Morgan fingerprint density at radius 1 is 0.909 bits per heavy atom. The van der Waals surface area contributed by atoms with Gasteiger partial charge in [-0.3, -0.25) is 4.79 Å². The van der Waals surface area contributed by atoms with Crippen LogP contribution >= 0.6 is 11.6 Å². The van der Waals surface area contributed by atoms with Gasteiger partial charge >= 0.3 is 5.97 Å². The van der Waals surface area contributed by atoms with E-state index < -0.39 is 17.7 Å². The number of benzene rings is 3. The number of carbonyl (C=O) groups excluding carboxylic acids is 1. The second-order valence-electron chi connectivity index (χ2n) is 7.88. The summed E-state index contributed by atoms with van der Waals surface area (Å²) >= 11 is 6.16. The Balaban J connectivity index is 1.51. The zero-order valence-electron chi connectivity index (χ0n) is 18.0. The highest BCUT2D eigenvalue weighted by Gasteiger charge is 2.23. The lowest BCUT2D eigenvalue weighted by atomic mass is 10.1. The average Bonchev–Trinajstić information content (AvgIpc) is 2.81. The highest BCUT2D eigenvalue weighted by molar-refractivity contribution is 6.30. The van der Waals surface area contributed by atoms with Gasteiger partial charge in [0.25, 0.3) is 5.91 Å². The van der Waals surface area contributed by atoms with E-state index in [1.165, 1.54) is 24.3 Å². The molecule has 1 aliphatic heterocycles. The minimum atomic E-state index is -1.10. The monoisotopic (exact) mass is 467 g/mol. The predicted octanol–water partition coefficient (Wildman–Crippen LogP) is 5.06. The van der Waals surface area contributed by atoms with Gasteiger partial charge < -0.3 is 20.2 Å². The van der Waals surface area contributed by atoms with E-state index in [0.29, 0.717) is 36.9 Å². The first-order valence-electron chi connectivity index (χ1n) is 10.5. The van der Waals surface area contributed by atoms with Crippen molar-refractivity contribution < 1.29 is 19.1 Å².